The normalized spacial score (nSPS) is 10.0. The van der Waals surface area contributed by atoms with Gasteiger partial charge in [0.15, 0.2) is 0 Å². The molecule has 2 aromatic rings. The van der Waals surface area contributed by atoms with E-state index in [1.165, 1.54) is 35.1 Å². The highest BCUT2D eigenvalue weighted by molar-refractivity contribution is 5.92. The molecule has 0 bridgehead atoms. The van der Waals surface area contributed by atoms with Gasteiger partial charge in [-0.15, -0.1) is 5.10 Å². The van der Waals surface area contributed by atoms with E-state index in [4.69, 9.17) is 5.11 Å². The van der Waals surface area contributed by atoms with Crippen LogP contribution in [-0.2, 0) is 11.3 Å². The zero-order chi connectivity index (χ0) is 13.0. The lowest BCUT2D eigenvalue weighted by molar-refractivity contribution is -0.116. The van der Waals surface area contributed by atoms with Gasteiger partial charge in [0.25, 0.3) is 0 Å². The van der Waals surface area contributed by atoms with E-state index in [1.54, 1.807) is 6.20 Å². The second-order valence-corrected chi connectivity index (χ2v) is 3.53. The highest BCUT2D eigenvalue weighted by atomic mass is 16.4. The Morgan fingerprint density at radius 3 is 2.56 bits per heavy atom. The third-order valence-corrected chi connectivity index (χ3v) is 2.19. The van der Waals surface area contributed by atoms with Crippen LogP contribution in [0.2, 0.25) is 0 Å². The molecule has 1 aromatic carbocycles. The number of hydrogen-bond donors (Lipinski definition) is 2. The van der Waals surface area contributed by atoms with E-state index in [9.17, 15) is 9.59 Å². The molecule has 0 radical (unpaired) electrons. The second-order valence-electron chi connectivity index (χ2n) is 3.53. The Morgan fingerprint density at radius 2 is 2.00 bits per heavy atom. The van der Waals surface area contributed by atoms with Crippen molar-refractivity contribution in [3.05, 3.63) is 42.2 Å². The molecule has 1 amide bonds. The van der Waals surface area contributed by atoms with Gasteiger partial charge in [-0.05, 0) is 24.3 Å². The summed E-state index contributed by atoms with van der Waals surface area (Å²) < 4.78 is 1.39. The van der Waals surface area contributed by atoms with Gasteiger partial charge in [-0.3, -0.25) is 4.79 Å². The average molecular weight is 246 g/mol. The molecule has 7 nitrogen and oxygen atoms in total. The Balaban J connectivity index is 1.97. The van der Waals surface area contributed by atoms with E-state index in [2.05, 4.69) is 15.6 Å². The van der Waals surface area contributed by atoms with Crippen molar-refractivity contribution in [2.45, 2.75) is 6.54 Å². The van der Waals surface area contributed by atoms with E-state index < -0.39 is 5.97 Å². The topological polar surface area (TPSA) is 97.1 Å². The molecule has 0 fully saturated rings. The van der Waals surface area contributed by atoms with Gasteiger partial charge >= 0.3 is 5.97 Å². The first-order valence-corrected chi connectivity index (χ1v) is 5.12. The van der Waals surface area contributed by atoms with Crippen molar-refractivity contribution in [1.82, 2.24) is 15.0 Å². The van der Waals surface area contributed by atoms with Crippen LogP contribution in [0.5, 0.6) is 0 Å². The molecule has 7 heteroatoms. The Kier molecular flexibility index (Phi) is 3.33. The number of carbonyl (C=O) groups excluding carboxylic acids is 1. The van der Waals surface area contributed by atoms with Crippen LogP contribution in [0.1, 0.15) is 10.4 Å². The summed E-state index contributed by atoms with van der Waals surface area (Å²) in [5.74, 6) is -1.26. The fraction of sp³-hybridized carbons (Fsp3) is 0.0909. The van der Waals surface area contributed by atoms with Crippen LogP contribution in [0.3, 0.4) is 0 Å². The number of hydrogen-bond acceptors (Lipinski definition) is 4. The summed E-state index contributed by atoms with van der Waals surface area (Å²) in [5.41, 5.74) is 0.703. The van der Waals surface area contributed by atoms with Crippen molar-refractivity contribution in [2.75, 3.05) is 5.32 Å². The smallest absolute Gasteiger partial charge is 0.335 e. The van der Waals surface area contributed by atoms with E-state index in [-0.39, 0.29) is 18.0 Å². The quantitative estimate of drug-likeness (QED) is 0.824. The number of aromatic carboxylic acids is 1. The highest BCUT2D eigenvalue weighted by Gasteiger charge is 2.05. The number of carboxylic acid groups (broad SMARTS) is 1. The van der Waals surface area contributed by atoms with E-state index >= 15 is 0 Å². The molecule has 0 unspecified atom stereocenters. The first-order chi connectivity index (χ1) is 8.65. The maximum absolute atomic E-state index is 11.6. The number of amides is 1. The van der Waals surface area contributed by atoms with Crippen LogP contribution in [0.4, 0.5) is 5.69 Å². The van der Waals surface area contributed by atoms with Crippen molar-refractivity contribution in [2.24, 2.45) is 0 Å². The molecule has 2 rings (SSSR count). The van der Waals surface area contributed by atoms with Crippen LogP contribution in [0.15, 0.2) is 36.7 Å². The molecule has 1 heterocycles. The van der Waals surface area contributed by atoms with Gasteiger partial charge in [0.2, 0.25) is 5.91 Å². The molecule has 2 N–H and O–H groups in total. The number of benzene rings is 1. The van der Waals surface area contributed by atoms with Crippen molar-refractivity contribution < 1.29 is 14.7 Å². The third kappa shape index (κ3) is 2.91. The minimum atomic E-state index is -1.00. The van der Waals surface area contributed by atoms with Crippen LogP contribution < -0.4 is 5.32 Å². The van der Waals surface area contributed by atoms with Crippen molar-refractivity contribution in [3.63, 3.8) is 0 Å². The van der Waals surface area contributed by atoms with Crippen molar-refractivity contribution in [3.8, 4) is 0 Å². The first kappa shape index (κ1) is 11.8. The summed E-state index contributed by atoms with van der Waals surface area (Å²) in [6.07, 6.45) is 3.06. The number of anilines is 1. The summed E-state index contributed by atoms with van der Waals surface area (Å²) in [5, 5.41) is 18.6. The number of carbonyl (C=O) groups is 2. The molecule has 0 saturated carbocycles. The fourth-order valence-corrected chi connectivity index (χ4v) is 1.36. The van der Waals surface area contributed by atoms with Gasteiger partial charge in [0, 0.05) is 11.9 Å². The second kappa shape index (κ2) is 5.09. The minimum absolute atomic E-state index is 0.0562. The molecule has 0 aliphatic rings. The number of rotatable bonds is 4. The lowest BCUT2D eigenvalue weighted by atomic mass is 10.2. The molecule has 0 aliphatic carbocycles. The number of carboxylic acids is 1. The van der Waals surface area contributed by atoms with Gasteiger partial charge in [-0.25, -0.2) is 9.48 Å². The van der Waals surface area contributed by atoms with E-state index in [1.807, 2.05) is 0 Å². The van der Waals surface area contributed by atoms with Crippen LogP contribution in [0, 0.1) is 0 Å². The molecule has 1 aromatic heterocycles. The van der Waals surface area contributed by atoms with Crippen LogP contribution in [-0.4, -0.2) is 32.0 Å². The number of nitrogens with zero attached hydrogens (tertiary/aromatic N) is 3. The lowest BCUT2D eigenvalue weighted by Gasteiger charge is -2.05. The summed E-state index contributed by atoms with van der Waals surface area (Å²) >= 11 is 0. The fourth-order valence-electron chi connectivity index (χ4n) is 1.36. The molecule has 0 aliphatic heterocycles. The largest absolute Gasteiger partial charge is 0.478 e. The molecular formula is C11H10N4O3. The third-order valence-electron chi connectivity index (χ3n) is 2.19. The van der Waals surface area contributed by atoms with Gasteiger partial charge in [0.05, 0.1) is 11.8 Å². The van der Waals surface area contributed by atoms with Crippen LogP contribution in [0.25, 0.3) is 0 Å². The van der Waals surface area contributed by atoms with Crippen LogP contribution >= 0.6 is 0 Å². The SMILES string of the molecule is O=C(Cn1ccnn1)Nc1ccc(C(=O)O)cc1. The summed E-state index contributed by atoms with van der Waals surface area (Å²) in [7, 11) is 0. The number of aromatic nitrogens is 3. The predicted octanol–water partition coefficient (Wildman–Crippen LogP) is 0.615. The lowest BCUT2D eigenvalue weighted by Crippen LogP contribution is -2.19. The zero-order valence-corrected chi connectivity index (χ0v) is 9.28. The van der Waals surface area contributed by atoms with Gasteiger partial charge in [-0.1, -0.05) is 5.21 Å². The van der Waals surface area contributed by atoms with E-state index in [0.717, 1.165) is 0 Å². The maximum Gasteiger partial charge on any atom is 0.335 e. The summed E-state index contributed by atoms with van der Waals surface area (Å²) in [6, 6.07) is 5.91. The van der Waals surface area contributed by atoms with Gasteiger partial charge in [0.1, 0.15) is 6.54 Å². The molecule has 0 atom stereocenters. The standard InChI is InChI=1S/C11H10N4O3/c16-10(7-15-6-5-12-14-15)13-9-3-1-8(2-4-9)11(17)18/h1-6H,7H2,(H,13,16)(H,17,18). The van der Waals surface area contributed by atoms with E-state index in [0.29, 0.717) is 5.69 Å². The Morgan fingerprint density at radius 1 is 1.28 bits per heavy atom. The van der Waals surface area contributed by atoms with Gasteiger partial charge in [-0.2, -0.15) is 0 Å². The average Bonchev–Trinajstić information content (AvgIpc) is 2.82. The summed E-state index contributed by atoms with van der Waals surface area (Å²) in [6.45, 7) is 0.0562. The monoisotopic (exact) mass is 246 g/mol. The molecule has 0 saturated heterocycles. The zero-order valence-electron chi connectivity index (χ0n) is 9.28. The molecule has 92 valence electrons. The Bertz CT molecular complexity index is 548. The first-order valence-electron chi connectivity index (χ1n) is 5.12. The highest BCUT2D eigenvalue weighted by Crippen LogP contribution is 2.09. The Labute approximate surface area is 102 Å². The maximum atomic E-state index is 11.6. The molecular weight excluding hydrogens is 236 g/mol. The molecule has 0 spiro atoms. The minimum Gasteiger partial charge on any atom is -0.478 e. The predicted molar refractivity (Wildman–Crippen MR) is 62.1 cm³/mol. The Hall–Kier alpha value is -2.70. The van der Waals surface area contributed by atoms with Gasteiger partial charge < -0.3 is 10.4 Å². The number of nitrogens with one attached hydrogen (secondary N) is 1. The van der Waals surface area contributed by atoms with Crippen molar-refractivity contribution >= 4 is 17.6 Å². The summed E-state index contributed by atoms with van der Waals surface area (Å²) in [4.78, 5) is 22.2. The molecule has 18 heavy (non-hydrogen) atoms. The van der Waals surface area contributed by atoms with Crippen molar-refractivity contribution in [1.29, 1.82) is 0 Å².